The number of carboxylic acid groups (broad SMARTS) is 1. The molecule has 2 aromatic carbocycles. The Kier molecular flexibility index (Phi) is 11.2. The standard InChI is InChI=1S/C27H39N5O8S/c1-25(2,15-16-32(19-33)30-18-23(28)34)13-14-27(37,41(38,39)22-11-9-21(40-3)10-12-22)26(29,31-24(35)36)17-20-7-5-4-6-8-20/h4-12,19,30-31,37H,13-18,29H2,1-3H3,(H2,28,34)(H,35,36)/t26-,27+/m0/s1. The average molecular weight is 594 g/mol. The number of primary amides is 1. The van der Waals surface area contributed by atoms with E-state index in [9.17, 15) is 33.0 Å². The van der Waals surface area contributed by atoms with E-state index in [2.05, 4.69) is 10.7 Å². The van der Waals surface area contributed by atoms with Crippen LogP contribution in [0.15, 0.2) is 59.5 Å². The number of amides is 3. The van der Waals surface area contributed by atoms with Gasteiger partial charge < -0.3 is 26.4 Å². The van der Waals surface area contributed by atoms with E-state index >= 15 is 0 Å². The number of nitrogens with zero attached hydrogens (tertiary/aromatic N) is 1. The number of methoxy groups -OCH3 is 1. The Morgan fingerprint density at radius 3 is 2.17 bits per heavy atom. The topological polar surface area (TPSA) is 214 Å². The van der Waals surface area contributed by atoms with Gasteiger partial charge in [0.2, 0.25) is 27.1 Å². The lowest BCUT2D eigenvalue weighted by atomic mass is 9.80. The highest BCUT2D eigenvalue weighted by Gasteiger charge is 2.58. The molecule has 0 unspecified atom stereocenters. The lowest BCUT2D eigenvalue weighted by Crippen LogP contribution is -2.74. The molecule has 0 aromatic heterocycles. The molecule has 0 fully saturated rings. The average Bonchev–Trinajstić information content (AvgIpc) is 2.91. The van der Waals surface area contributed by atoms with Crippen molar-refractivity contribution >= 4 is 28.2 Å². The van der Waals surface area contributed by atoms with Crippen molar-refractivity contribution in [1.29, 1.82) is 0 Å². The zero-order valence-electron chi connectivity index (χ0n) is 23.4. The Hall–Kier alpha value is -3.72. The maximum absolute atomic E-state index is 14.1. The van der Waals surface area contributed by atoms with Crippen molar-refractivity contribution in [2.24, 2.45) is 16.9 Å². The van der Waals surface area contributed by atoms with E-state index < -0.39 is 44.3 Å². The minimum Gasteiger partial charge on any atom is -0.497 e. The van der Waals surface area contributed by atoms with Crippen LogP contribution in [0.25, 0.3) is 0 Å². The van der Waals surface area contributed by atoms with Crippen LogP contribution in [0.4, 0.5) is 4.79 Å². The van der Waals surface area contributed by atoms with Crippen LogP contribution in [0.2, 0.25) is 0 Å². The SMILES string of the molecule is COc1ccc(S(=O)(=O)[C@](O)(CCC(C)(C)CCN(C=O)NCC(N)=O)[C@](N)(Cc2ccccc2)NC(=O)O)cc1. The second-order valence-electron chi connectivity index (χ2n) is 10.5. The van der Waals surface area contributed by atoms with E-state index in [4.69, 9.17) is 16.2 Å². The number of rotatable bonds is 17. The summed E-state index contributed by atoms with van der Waals surface area (Å²) >= 11 is 0. The van der Waals surface area contributed by atoms with E-state index in [1.165, 1.54) is 31.4 Å². The Labute approximate surface area is 239 Å². The third-order valence-electron chi connectivity index (χ3n) is 6.92. The van der Waals surface area contributed by atoms with E-state index in [1.807, 2.05) is 0 Å². The highest BCUT2D eigenvalue weighted by molar-refractivity contribution is 7.92. The van der Waals surface area contributed by atoms with Gasteiger partial charge in [0, 0.05) is 13.0 Å². The highest BCUT2D eigenvalue weighted by atomic mass is 32.2. The monoisotopic (exact) mass is 593 g/mol. The van der Waals surface area contributed by atoms with Gasteiger partial charge in [-0.15, -0.1) is 0 Å². The first kappa shape index (κ1) is 33.5. The normalized spacial score (nSPS) is 14.8. The second kappa shape index (κ2) is 13.8. The van der Waals surface area contributed by atoms with Gasteiger partial charge in [0.25, 0.3) is 0 Å². The molecule has 2 atom stereocenters. The number of carbonyl (C=O) groups excluding carboxylic acids is 2. The Morgan fingerprint density at radius 2 is 1.66 bits per heavy atom. The molecule has 0 radical (unpaired) electrons. The van der Waals surface area contributed by atoms with E-state index in [0.29, 0.717) is 24.1 Å². The summed E-state index contributed by atoms with van der Waals surface area (Å²) in [6.07, 6.45) is -1.57. The van der Waals surface area contributed by atoms with Crippen molar-refractivity contribution in [2.75, 3.05) is 20.2 Å². The largest absolute Gasteiger partial charge is 0.497 e. The van der Waals surface area contributed by atoms with Crippen LogP contribution >= 0.6 is 0 Å². The van der Waals surface area contributed by atoms with Crippen molar-refractivity contribution in [3.63, 3.8) is 0 Å². The Balaban J connectivity index is 2.51. The third kappa shape index (κ3) is 8.63. The first-order valence-electron chi connectivity index (χ1n) is 12.8. The Morgan fingerprint density at radius 1 is 1.05 bits per heavy atom. The maximum Gasteiger partial charge on any atom is 0.406 e. The Bertz CT molecular complexity index is 1290. The number of nitrogens with two attached hydrogens (primary N) is 2. The van der Waals surface area contributed by atoms with Crippen LogP contribution in [0.1, 0.15) is 38.7 Å². The van der Waals surface area contributed by atoms with Crippen LogP contribution in [-0.4, -0.2) is 72.8 Å². The number of ether oxygens (including phenoxy) is 1. The van der Waals surface area contributed by atoms with Crippen molar-refractivity contribution in [3.8, 4) is 5.75 Å². The molecular formula is C27H39N5O8S. The first-order valence-corrected chi connectivity index (χ1v) is 14.3. The minimum atomic E-state index is -4.71. The lowest BCUT2D eigenvalue weighted by molar-refractivity contribution is -0.123. The van der Waals surface area contributed by atoms with Gasteiger partial charge in [-0.2, -0.15) is 0 Å². The van der Waals surface area contributed by atoms with Crippen molar-refractivity contribution in [1.82, 2.24) is 15.8 Å². The van der Waals surface area contributed by atoms with Gasteiger partial charge >= 0.3 is 6.09 Å². The summed E-state index contributed by atoms with van der Waals surface area (Å²) in [5.41, 5.74) is 11.7. The van der Waals surface area contributed by atoms with Crippen LogP contribution in [-0.2, 0) is 25.8 Å². The number of hydrogen-bond acceptors (Lipinski definition) is 9. The fourth-order valence-electron chi connectivity index (χ4n) is 4.34. The van der Waals surface area contributed by atoms with Gasteiger partial charge in [0.1, 0.15) is 11.4 Å². The number of hydrazine groups is 1. The van der Waals surface area contributed by atoms with E-state index in [-0.39, 0.29) is 30.8 Å². The summed E-state index contributed by atoms with van der Waals surface area (Å²) in [5.74, 6) is -0.279. The molecule has 3 amide bonds. The molecule has 41 heavy (non-hydrogen) atoms. The summed E-state index contributed by atoms with van der Waals surface area (Å²) in [7, 11) is -3.29. The molecule has 13 nitrogen and oxygen atoms in total. The summed E-state index contributed by atoms with van der Waals surface area (Å²) in [6, 6.07) is 13.7. The number of carbonyl (C=O) groups is 3. The number of aliphatic hydroxyl groups is 1. The summed E-state index contributed by atoms with van der Waals surface area (Å²) < 4.78 is 33.4. The lowest BCUT2D eigenvalue weighted by Gasteiger charge is -2.45. The molecule has 0 heterocycles. The summed E-state index contributed by atoms with van der Waals surface area (Å²) in [4.78, 5) is 31.3. The first-order chi connectivity index (χ1) is 19.1. The smallest absolute Gasteiger partial charge is 0.406 e. The van der Waals surface area contributed by atoms with Crippen LogP contribution in [0.5, 0.6) is 5.75 Å². The maximum atomic E-state index is 14.1. The molecule has 0 aliphatic carbocycles. The molecule has 0 aliphatic rings. The predicted octanol–water partition coefficient (Wildman–Crippen LogP) is 0.968. The van der Waals surface area contributed by atoms with Gasteiger partial charge in [-0.05, 0) is 54.5 Å². The van der Waals surface area contributed by atoms with Crippen LogP contribution < -0.4 is 26.9 Å². The molecule has 0 aliphatic heterocycles. The molecule has 2 aromatic rings. The molecule has 0 saturated carbocycles. The van der Waals surface area contributed by atoms with Crippen LogP contribution in [0, 0.1) is 5.41 Å². The number of benzene rings is 2. The molecule has 226 valence electrons. The molecule has 8 N–H and O–H groups in total. The molecule has 2 rings (SSSR count). The van der Waals surface area contributed by atoms with Gasteiger partial charge in [-0.3, -0.25) is 19.9 Å². The molecule has 0 saturated heterocycles. The van der Waals surface area contributed by atoms with Gasteiger partial charge in [-0.1, -0.05) is 44.2 Å². The number of nitrogens with one attached hydrogen (secondary N) is 2. The fraction of sp³-hybridized carbons (Fsp3) is 0.444. The number of hydrogen-bond donors (Lipinski definition) is 6. The highest BCUT2D eigenvalue weighted by Crippen LogP contribution is 2.41. The second-order valence-corrected chi connectivity index (χ2v) is 12.7. The number of sulfone groups is 1. The molecule has 14 heteroatoms. The van der Waals surface area contributed by atoms with Gasteiger partial charge in [0.15, 0.2) is 0 Å². The van der Waals surface area contributed by atoms with Gasteiger partial charge in [0.05, 0.1) is 18.6 Å². The predicted molar refractivity (Wildman–Crippen MR) is 151 cm³/mol. The van der Waals surface area contributed by atoms with Gasteiger partial charge in [-0.25, -0.2) is 18.6 Å². The van der Waals surface area contributed by atoms with E-state index in [0.717, 1.165) is 5.01 Å². The van der Waals surface area contributed by atoms with Crippen molar-refractivity contribution in [3.05, 3.63) is 60.2 Å². The summed E-state index contributed by atoms with van der Waals surface area (Å²) in [5, 5.41) is 25.1. The summed E-state index contributed by atoms with van der Waals surface area (Å²) in [6.45, 7) is 3.47. The zero-order chi connectivity index (χ0) is 30.9. The molecule has 0 bridgehead atoms. The van der Waals surface area contributed by atoms with Crippen LogP contribution in [0.3, 0.4) is 0 Å². The molecule has 0 spiro atoms. The minimum absolute atomic E-state index is 0.0520. The van der Waals surface area contributed by atoms with E-state index in [1.54, 1.807) is 44.2 Å². The zero-order valence-corrected chi connectivity index (χ0v) is 24.2. The fourth-order valence-corrected chi connectivity index (χ4v) is 6.20. The molecular weight excluding hydrogens is 554 g/mol. The quantitative estimate of drug-likeness (QED) is 0.0868. The van der Waals surface area contributed by atoms with Crippen molar-refractivity contribution < 1.29 is 37.8 Å². The third-order valence-corrected chi connectivity index (χ3v) is 9.27. The van der Waals surface area contributed by atoms with Crippen molar-refractivity contribution in [2.45, 2.75) is 55.0 Å².